The van der Waals surface area contributed by atoms with Crippen LogP contribution < -0.4 is 5.32 Å². The summed E-state index contributed by atoms with van der Waals surface area (Å²) >= 11 is 0. The lowest BCUT2D eigenvalue weighted by Crippen LogP contribution is -2.53. The largest absolute Gasteiger partial charge is 0.481 e. The standard InChI is InChI=1S/C21H29N3O3/c25-20(26)18-8-10-19(11-9-18)22-21(27)24-15-13-23(14-16-24)12-4-7-17-5-2-1-3-6-17/h1-7,18-19H,8-16H2,(H,22,27)(H,25,26)/b7-4+. The highest BCUT2D eigenvalue weighted by atomic mass is 16.4. The van der Waals surface area contributed by atoms with E-state index in [-0.39, 0.29) is 18.0 Å². The fraction of sp³-hybridized carbons (Fsp3) is 0.524. The minimum Gasteiger partial charge on any atom is -0.481 e. The molecule has 6 nitrogen and oxygen atoms in total. The molecule has 0 unspecified atom stereocenters. The second kappa shape index (κ2) is 9.55. The summed E-state index contributed by atoms with van der Waals surface area (Å²) in [6.45, 7) is 4.10. The number of hydrogen-bond acceptors (Lipinski definition) is 3. The van der Waals surface area contributed by atoms with E-state index in [9.17, 15) is 9.59 Å². The van der Waals surface area contributed by atoms with Crippen molar-refractivity contribution in [3.63, 3.8) is 0 Å². The van der Waals surface area contributed by atoms with Crippen molar-refractivity contribution in [1.82, 2.24) is 15.1 Å². The summed E-state index contributed by atoms with van der Waals surface area (Å²) in [5, 5.41) is 12.1. The Morgan fingerprint density at radius 1 is 1.04 bits per heavy atom. The van der Waals surface area contributed by atoms with E-state index in [2.05, 4.69) is 34.5 Å². The summed E-state index contributed by atoms with van der Waals surface area (Å²) in [6.07, 6.45) is 7.13. The van der Waals surface area contributed by atoms with Crippen LogP contribution in [0.1, 0.15) is 31.2 Å². The van der Waals surface area contributed by atoms with Crippen LogP contribution in [-0.2, 0) is 4.79 Å². The number of carbonyl (C=O) groups is 2. The van der Waals surface area contributed by atoms with Gasteiger partial charge in [-0.25, -0.2) is 4.79 Å². The molecule has 1 heterocycles. The minimum atomic E-state index is -0.711. The Labute approximate surface area is 160 Å². The molecule has 2 aliphatic rings. The zero-order valence-electron chi connectivity index (χ0n) is 15.7. The van der Waals surface area contributed by atoms with Gasteiger partial charge in [0.05, 0.1) is 5.92 Å². The van der Waals surface area contributed by atoms with Crippen LogP contribution in [0.4, 0.5) is 4.79 Å². The first-order valence-electron chi connectivity index (χ1n) is 9.84. The second-order valence-corrected chi connectivity index (χ2v) is 7.44. The zero-order valence-corrected chi connectivity index (χ0v) is 15.7. The number of carboxylic acids is 1. The molecule has 146 valence electrons. The summed E-state index contributed by atoms with van der Waals surface area (Å²) < 4.78 is 0. The van der Waals surface area contributed by atoms with Gasteiger partial charge in [0.15, 0.2) is 0 Å². The Morgan fingerprint density at radius 3 is 2.33 bits per heavy atom. The molecule has 1 saturated heterocycles. The number of urea groups is 1. The number of amides is 2. The van der Waals surface area contributed by atoms with Gasteiger partial charge in [0.2, 0.25) is 0 Å². The van der Waals surface area contributed by atoms with Crippen LogP contribution in [0.3, 0.4) is 0 Å². The molecule has 1 aliphatic heterocycles. The van der Waals surface area contributed by atoms with Gasteiger partial charge in [-0.2, -0.15) is 0 Å². The third kappa shape index (κ3) is 5.82. The number of benzene rings is 1. The average Bonchev–Trinajstić information content (AvgIpc) is 2.70. The van der Waals surface area contributed by atoms with Crippen LogP contribution in [0.5, 0.6) is 0 Å². The number of nitrogens with one attached hydrogen (secondary N) is 1. The number of piperazine rings is 1. The lowest BCUT2D eigenvalue weighted by atomic mass is 9.86. The minimum absolute atomic E-state index is 0.00625. The third-order valence-corrected chi connectivity index (χ3v) is 5.54. The summed E-state index contributed by atoms with van der Waals surface area (Å²) in [4.78, 5) is 27.7. The molecular formula is C21H29N3O3. The fourth-order valence-electron chi connectivity index (χ4n) is 3.79. The normalized spacial score (nSPS) is 24.1. The maximum absolute atomic E-state index is 12.5. The Kier molecular flexibility index (Phi) is 6.87. The van der Waals surface area contributed by atoms with E-state index in [1.54, 1.807) is 0 Å². The van der Waals surface area contributed by atoms with Gasteiger partial charge in [-0.15, -0.1) is 0 Å². The van der Waals surface area contributed by atoms with E-state index in [4.69, 9.17) is 5.11 Å². The molecule has 0 bridgehead atoms. The summed E-state index contributed by atoms with van der Waals surface area (Å²) in [7, 11) is 0. The predicted octanol–water partition coefficient (Wildman–Crippen LogP) is 2.67. The van der Waals surface area contributed by atoms with Crippen molar-refractivity contribution >= 4 is 18.1 Å². The highest BCUT2D eigenvalue weighted by molar-refractivity contribution is 5.75. The molecule has 0 aromatic heterocycles. The summed E-state index contributed by atoms with van der Waals surface area (Å²) in [6, 6.07) is 10.4. The van der Waals surface area contributed by atoms with Gasteiger partial charge in [-0.1, -0.05) is 42.5 Å². The third-order valence-electron chi connectivity index (χ3n) is 5.54. The van der Waals surface area contributed by atoms with Gasteiger partial charge in [0.1, 0.15) is 0 Å². The number of carboxylic acid groups (broad SMARTS) is 1. The van der Waals surface area contributed by atoms with Gasteiger partial charge < -0.3 is 15.3 Å². The van der Waals surface area contributed by atoms with Crippen molar-refractivity contribution in [3.8, 4) is 0 Å². The van der Waals surface area contributed by atoms with E-state index in [1.165, 1.54) is 5.56 Å². The van der Waals surface area contributed by atoms with E-state index in [0.717, 1.165) is 45.6 Å². The molecule has 1 aromatic rings. The SMILES string of the molecule is O=C(O)C1CCC(NC(=O)N2CCN(C/C=C/c3ccccc3)CC2)CC1. The Bertz CT molecular complexity index is 646. The monoisotopic (exact) mass is 371 g/mol. The molecule has 2 fully saturated rings. The molecule has 0 spiro atoms. The molecule has 1 aliphatic carbocycles. The average molecular weight is 371 g/mol. The molecule has 3 rings (SSSR count). The van der Waals surface area contributed by atoms with Crippen molar-refractivity contribution in [2.24, 2.45) is 5.92 Å². The van der Waals surface area contributed by atoms with Crippen LogP contribution in [0.2, 0.25) is 0 Å². The van der Waals surface area contributed by atoms with E-state index < -0.39 is 5.97 Å². The van der Waals surface area contributed by atoms with Gasteiger partial charge in [-0.3, -0.25) is 9.69 Å². The number of hydrogen-bond donors (Lipinski definition) is 2. The smallest absolute Gasteiger partial charge is 0.317 e. The van der Waals surface area contributed by atoms with E-state index in [1.807, 2.05) is 23.1 Å². The first kappa shape index (κ1) is 19.4. The first-order chi connectivity index (χ1) is 13.1. The quantitative estimate of drug-likeness (QED) is 0.835. The van der Waals surface area contributed by atoms with Crippen LogP contribution in [0.15, 0.2) is 36.4 Å². The maximum Gasteiger partial charge on any atom is 0.317 e. The molecule has 2 amide bonds. The molecular weight excluding hydrogens is 342 g/mol. The van der Waals surface area contributed by atoms with Crippen LogP contribution in [0.25, 0.3) is 6.08 Å². The number of rotatable bonds is 5. The second-order valence-electron chi connectivity index (χ2n) is 7.44. The van der Waals surface area contributed by atoms with Crippen molar-refractivity contribution in [3.05, 3.63) is 42.0 Å². The van der Waals surface area contributed by atoms with Gasteiger partial charge >= 0.3 is 12.0 Å². The summed E-state index contributed by atoms with van der Waals surface area (Å²) in [5.74, 6) is -0.956. The highest BCUT2D eigenvalue weighted by Gasteiger charge is 2.28. The molecule has 6 heteroatoms. The van der Waals surface area contributed by atoms with E-state index >= 15 is 0 Å². The van der Waals surface area contributed by atoms with E-state index in [0.29, 0.717) is 12.8 Å². The predicted molar refractivity (Wildman–Crippen MR) is 105 cm³/mol. The van der Waals surface area contributed by atoms with Crippen LogP contribution in [-0.4, -0.2) is 65.7 Å². The topological polar surface area (TPSA) is 72.9 Å². The summed E-state index contributed by atoms with van der Waals surface area (Å²) in [5.41, 5.74) is 1.20. The molecule has 1 saturated carbocycles. The van der Waals surface area contributed by atoms with Gasteiger partial charge in [0.25, 0.3) is 0 Å². The van der Waals surface area contributed by atoms with Gasteiger partial charge in [0, 0.05) is 38.8 Å². The van der Waals surface area contributed by atoms with Crippen molar-refractivity contribution in [2.75, 3.05) is 32.7 Å². The Balaban J connectivity index is 1.36. The van der Waals surface area contributed by atoms with Crippen molar-refractivity contribution in [2.45, 2.75) is 31.7 Å². The van der Waals surface area contributed by atoms with Crippen molar-refractivity contribution < 1.29 is 14.7 Å². The molecule has 1 aromatic carbocycles. The maximum atomic E-state index is 12.5. The zero-order chi connectivity index (χ0) is 19.1. The lowest BCUT2D eigenvalue weighted by molar-refractivity contribution is -0.142. The molecule has 27 heavy (non-hydrogen) atoms. The lowest BCUT2D eigenvalue weighted by Gasteiger charge is -2.36. The molecule has 2 N–H and O–H groups in total. The Morgan fingerprint density at radius 2 is 1.70 bits per heavy atom. The number of aliphatic carboxylic acids is 1. The Hall–Kier alpha value is -2.34. The van der Waals surface area contributed by atoms with Gasteiger partial charge in [-0.05, 0) is 31.2 Å². The fourth-order valence-corrected chi connectivity index (χ4v) is 3.79. The number of nitrogens with zero attached hydrogens (tertiary/aromatic N) is 2. The number of carbonyl (C=O) groups excluding carboxylic acids is 1. The molecule has 0 atom stereocenters. The van der Waals surface area contributed by atoms with Crippen LogP contribution >= 0.6 is 0 Å². The highest BCUT2D eigenvalue weighted by Crippen LogP contribution is 2.24. The molecule has 0 radical (unpaired) electrons. The van der Waals surface area contributed by atoms with Crippen molar-refractivity contribution in [1.29, 1.82) is 0 Å². The van der Waals surface area contributed by atoms with Crippen LogP contribution in [0, 0.1) is 5.92 Å². The first-order valence-corrected chi connectivity index (χ1v) is 9.84.